The molecular weight excluding hydrogens is 390 g/mol. The Balaban J connectivity index is 1.66. The zero-order chi connectivity index (χ0) is 20.6. The van der Waals surface area contributed by atoms with Gasteiger partial charge in [-0.1, -0.05) is 11.6 Å². The van der Waals surface area contributed by atoms with Crippen molar-refractivity contribution in [2.24, 2.45) is 0 Å². The number of thiazole rings is 1. The maximum atomic E-state index is 13.4. The van der Waals surface area contributed by atoms with E-state index < -0.39 is 11.6 Å². The Hall–Kier alpha value is -2.45. The van der Waals surface area contributed by atoms with Gasteiger partial charge in [0.15, 0.2) is 5.13 Å². The maximum absolute atomic E-state index is 13.4. The van der Waals surface area contributed by atoms with Gasteiger partial charge in [0.1, 0.15) is 17.4 Å². The van der Waals surface area contributed by atoms with Gasteiger partial charge in [-0.05, 0) is 32.9 Å². The lowest BCUT2D eigenvalue weighted by Gasteiger charge is -2.40. The van der Waals surface area contributed by atoms with Crippen LogP contribution in [0.3, 0.4) is 0 Å². The second-order valence-electron chi connectivity index (χ2n) is 7.79. The lowest BCUT2D eigenvalue weighted by molar-refractivity contribution is -0.121. The number of aromatic nitrogens is 1. The number of rotatable bonds is 3. The first-order valence-electron chi connectivity index (χ1n) is 9.78. The van der Waals surface area contributed by atoms with Crippen molar-refractivity contribution in [2.75, 3.05) is 25.1 Å². The van der Waals surface area contributed by atoms with E-state index in [2.05, 4.69) is 10.3 Å². The first-order valence-corrected chi connectivity index (χ1v) is 10.7. The summed E-state index contributed by atoms with van der Waals surface area (Å²) in [6.45, 7) is 7.05. The van der Waals surface area contributed by atoms with Gasteiger partial charge in [0.2, 0.25) is 5.91 Å². The van der Waals surface area contributed by atoms with Crippen LogP contribution in [-0.4, -0.2) is 53.1 Å². The van der Waals surface area contributed by atoms with Crippen LogP contribution in [0.1, 0.15) is 41.4 Å². The normalized spacial score (nSPS) is 19.3. The third-order valence-electron chi connectivity index (χ3n) is 5.51. The predicted octanol–water partition coefficient (Wildman–Crippen LogP) is 3.17. The topological polar surface area (TPSA) is 80.8 Å². The summed E-state index contributed by atoms with van der Waals surface area (Å²) >= 11 is 1.37. The molecule has 154 valence electrons. The minimum absolute atomic E-state index is 0.190. The Morgan fingerprint density at radius 3 is 2.76 bits per heavy atom. The third-order valence-corrected chi connectivity index (χ3v) is 6.39. The Morgan fingerprint density at radius 1 is 1.31 bits per heavy atom. The smallest absolute Gasteiger partial charge is 0.258 e. The third kappa shape index (κ3) is 4.00. The van der Waals surface area contributed by atoms with Crippen LogP contribution in [-0.2, 0) is 9.53 Å². The number of hydrogen-bond donors (Lipinski definition) is 1. The molecule has 29 heavy (non-hydrogen) atoms. The number of ether oxygens (including phenoxy) is 2. The maximum Gasteiger partial charge on any atom is 0.258 e. The number of fused-ring (bicyclic) bond motifs is 1. The van der Waals surface area contributed by atoms with Gasteiger partial charge in [-0.2, -0.15) is 0 Å². The average Bonchev–Trinajstić information content (AvgIpc) is 3.07. The molecule has 1 spiro atoms. The Morgan fingerprint density at radius 2 is 2.07 bits per heavy atom. The van der Waals surface area contributed by atoms with Crippen molar-refractivity contribution in [3.05, 3.63) is 40.4 Å². The molecule has 1 aromatic heterocycles. The summed E-state index contributed by atoms with van der Waals surface area (Å²) in [6.07, 6.45) is 1.34. The van der Waals surface area contributed by atoms with Gasteiger partial charge in [0, 0.05) is 18.2 Å². The van der Waals surface area contributed by atoms with Crippen LogP contribution in [0.15, 0.2) is 23.6 Å². The predicted molar refractivity (Wildman–Crippen MR) is 111 cm³/mol. The van der Waals surface area contributed by atoms with E-state index in [4.69, 9.17) is 9.47 Å². The lowest BCUT2D eigenvalue weighted by atomic mass is 9.93. The van der Waals surface area contributed by atoms with Gasteiger partial charge in [0.25, 0.3) is 5.91 Å². The largest absolute Gasteiger partial charge is 0.484 e. The van der Waals surface area contributed by atoms with Crippen molar-refractivity contribution in [1.29, 1.82) is 0 Å². The van der Waals surface area contributed by atoms with Crippen LogP contribution in [0.4, 0.5) is 5.13 Å². The van der Waals surface area contributed by atoms with Gasteiger partial charge in [-0.15, -0.1) is 11.3 Å². The zero-order valence-corrected chi connectivity index (χ0v) is 17.7. The van der Waals surface area contributed by atoms with Crippen LogP contribution in [0.25, 0.3) is 0 Å². The van der Waals surface area contributed by atoms with Crippen molar-refractivity contribution in [3.8, 4) is 5.75 Å². The molecule has 1 fully saturated rings. The molecule has 0 bridgehead atoms. The standard InChI is InChI=1S/C21H25N3O4S/c1-13-4-5-17-16(10-13)19(26)24(12-21(28-17)6-8-27-9-7-21)15(3)18(25)23-20-22-14(2)11-29-20/h4-5,10-11,15H,6-9,12H2,1-3H3,(H,22,23,25)/t15-/m0/s1. The summed E-state index contributed by atoms with van der Waals surface area (Å²) in [5.74, 6) is 0.129. The Kier molecular flexibility index (Phi) is 5.31. The number of hydrogen-bond acceptors (Lipinski definition) is 6. The molecule has 0 saturated carbocycles. The number of anilines is 1. The van der Waals surface area contributed by atoms with Crippen molar-refractivity contribution < 1.29 is 19.1 Å². The first-order chi connectivity index (χ1) is 13.9. The molecule has 1 N–H and O–H groups in total. The molecular formula is C21H25N3O4S. The van der Waals surface area contributed by atoms with E-state index in [1.807, 2.05) is 37.4 Å². The van der Waals surface area contributed by atoms with E-state index in [1.165, 1.54) is 11.3 Å². The molecule has 8 heteroatoms. The highest BCUT2D eigenvalue weighted by Gasteiger charge is 2.44. The van der Waals surface area contributed by atoms with Crippen LogP contribution < -0.4 is 10.1 Å². The molecule has 1 saturated heterocycles. The summed E-state index contributed by atoms with van der Waals surface area (Å²) in [7, 11) is 0. The van der Waals surface area contributed by atoms with Crippen LogP contribution in [0.5, 0.6) is 5.75 Å². The van der Waals surface area contributed by atoms with E-state index in [-0.39, 0.29) is 11.8 Å². The van der Waals surface area contributed by atoms with Crippen LogP contribution >= 0.6 is 11.3 Å². The Labute approximate surface area is 174 Å². The highest BCUT2D eigenvalue weighted by molar-refractivity contribution is 7.13. The number of amides is 2. The molecule has 1 aromatic carbocycles. The fourth-order valence-corrected chi connectivity index (χ4v) is 4.47. The highest BCUT2D eigenvalue weighted by atomic mass is 32.1. The summed E-state index contributed by atoms with van der Waals surface area (Å²) in [4.78, 5) is 32.3. The van der Waals surface area contributed by atoms with E-state index in [0.29, 0.717) is 49.0 Å². The molecule has 2 aromatic rings. The lowest BCUT2D eigenvalue weighted by Crippen LogP contribution is -2.55. The highest BCUT2D eigenvalue weighted by Crippen LogP contribution is 2.36. The molecule has 3 heterocycles. The number of benzene rings is 1. The second kappa shape index (κ2) is 7.76. The fourth-order valence-electron chi connectivity index (χ4n) is 3.78. The SMILES string of the molecule is Cc1ccc2c(c1)C(=O)N([C@@H](C)C(=O)Nc1nc(C)cs1)CC1(CCOCC1)O2. The number of nitrogens with one attached hydrogen (secondary N) is 1. The van der Waals surface area contributed by atoms with Crippen molar-refractivity contribution >= 4 is 28.3 Å². The molecule has 1 atom stereocenters. The van der Waals surface area contributed by atoms with E-state index in [9.17, 15) is 9.59 Å². The summed E-state index contributed by atoms with van der Waals surface area (Å²) < 4.78 is 11.9. The molecule has 0 unspecified atom stereocenters. The fraction of sp³-hybridized carbons (Fsp3) is 0.476. The summed E-state index contributed by atoms with van der Waals surface area (Å²) in [5.41, 5.74) is 1.76. The Bertz CT molecular complexity index is 936. The molecule has 2 amide bonds. The first kappa shape index (κ1) is 19.8. The van der Waals surface area contributed by atoms with Gasteiger partial charge in [-0.3, -0.25) is 9.59 Å². The van der Waals surface area contributed by atoms with Gasteiger partial charge in [-0.25, -0.2) is 4.98 Å². The zero-order valence-electron chi connectivity index (χ0n) is 16.9. The number of aryl methyl sites for hydroxylation is 2. The summed E-state index contributed by atoms with van der Waals surface area (Å²) in [6, 6.07) is 4.96. The van der Waals surface area contributed by atoms with E-state index in [0.717, 1.165) is 11.3 Å². The van der Waals surface area contributed by atoms with Crippen LogP contribution in [0.2, 0.25) is 0 Å². The number of carbonyl (C=O) groups excluding carboxylic acids is 2. The number of nitrogens with zero attached hydrogens (tertiary/aromatic N) is 2. The molecule has 7 nitrogen and oxygen atoms in total. The van der Waals surface area contributed by atoms with Crippen LogP contribution in [0, 0.1) is 13.8 Å². The van der Waals surface area contributed by atoms with Gasteiger partial charge in [0.05, 0.1) is 31.0 Å². The number of carbonyl (C=O) groups is 2. The van der Waals surface area contributed by atoms with E-state index >= 15 is 0 Å². The van der Waals surface area contributed by atoms with Gasteiger partial charge >= 0.3 is 0 Å². The quantitative estimate of drug-likeness (QED) is 0.833. The minimum Gasteiger partial charge on any atom is -0.484 e. The molecule has 0 radical (unpaired) electrons. The summed E-state index contributed by atoms with van der Waals surface area (Å²) in [5, 5.41) is 5.25. The second-order valence-corrected chi connectivity index (χ2v) is 8.65. The van der Waals surface area contributed by atoms with Crippen molar-refractivity contribution in [2.45, 2.75) is 45.3 Å². The molecule has 4 rings (SSSR count). The van der Waals surface area contributed by atoms with E-state index in [1.54, 1.807) is 11.8 Å². The van der Waals surface area contributed by atoms with Crippen molar-refractivity contribution in [3.63, 3.8) is 0 Å². The molecule has 0 aliphatic carbocycles. The average molecular weight is 416 g/mol. The minimum atomic E-state index is -0.665. The molecule has 2 aliphatic rings. The molecule has 2 aliphatic heterocycles. The van der Waals surface area contributed by atoms with Crippen molar-refractivity contribution in [1.82, 2.24) is 9.88 Å². The van der Waals surface area contributed by atoms with Gasteiger partial charge < -0.3 is 19.7 Å². The monoisotopic (exact) mass is 415 g/mol.